The van der Waals surface area contributed by atoms with Crippen LogP contribution in [0.15, 0.2) is 0 Å². The van der Waals surface area contributed by atoms with Crippen molar-refractivity contribution in [2.75, 3.05) is 37.7 Å². The number of hydrogen-bond acceptors (Lipinski definition) is 3. The van der Waals surface area contributed by atoms with Gasteiger partial charge in [-0.15, -0.1) is 0 Å². The highest BCUT2D eigenvalue weighted by atomic mass is 32.2. The molecule has 1 N–H and O–H groups in total. The topological polar surface area (TPSA) is 32.3 Å². The highest BCUT2D eigenvalue weighted by Crippen LogP contribution is 2.33. The summed E-state index contributed by atoms with van der Waals surface area (Å²) in [5.41, 5.74) is 0. The van der Waals surface area contributed by atoms with Gasteiger partial charge in [0, 0.05) is 54.5 Å². The minimum atomic E-state index is -0.597. The molecule has 0 bridgehead atoms. The quantitative estimate of drug-likeness (QED) is 0.744. The SMILES string of the molecule is CCS(=O)CCN1CCNC(C2CC2)C1. The van der Waals surface area contributed by atoms with E-state index in [-0.39, 0.29) is 0 Å². The maximum atomic E-state index is 11.4. The first-order chi connectivity index (χ1) is 7.29. The summed E-state index contributed by atoms with van der Waals surface area (Å²) in [5.74, 6) is 2.59. The van der Waals surface area contributed by atoms with Crippen LogP contribution in [0.2, 0.25) is 0 Å². The van der Waals surface area contributed by atoms with Gasteiger partial charge in [-0.05, 0) is 18.8 Å². The molecule has 0 amide bonds. The van der Waals surface area contributed by atoms with Crippen LogP contribution in [0.25, 0.3) is 0 Å². The second kappa shape index (κ2) is 5.41. The molecule has 1 aliphatic carbocycles. The summed E-state index contributed by atoms with van der Waals surface area (Å²) in [4.78, 5) is 2.48. The standard InChI is InChI=1S/C11H22N2OS/c1-2-15(14)8-7-13-6-5-12-11(9-13)10-3-4-10/h10-12H,2-9H2,1H3. The Morgan fingerprint density at radius 2 is 2.27 bits per heavy atom. The molecule has 0 aromatic carbocycles. The monoisotopic (exact) mass is 230 g/mol. The third kappa shape index (κ3) is 3.54. The molecular formula is C11H22N2OS. The van der Waals surface area contributed by atoms with Crippen LogP contribution in [-0.4, -0.2) is 52.8 Å². The molecule has 88 valence electrons. The molecule has 2 unspecified atom stereocenters. The maximum Gasteiger partial charge on any atom is 0.0362 e. The lowest BCUT2D eigenvalue weighted by Crippen LogP contribution is -2.52. The summed E-state index contributed by atoms with van der Waals surface area (Å²) in [7, 11) is -0.597. The molecule has 3 nitrogen and oxygen atoms in total. The van der Waals surface area contributed by atoms with Gasteiger partial charge >= 0.3 is 0 Å². The molecule has 0 spiro atoms. The lowest BCUT2D eigenvalue weighted by atomic mass is 10.1. The van der Waals surface area contributed by atoms with Crippen LogP contribution in [0.3, 0.4) is 0 Å². The van der Waals surface area contributed by atoms with Gasteiger partial charge in [0.1, 0.15) is 0 Å². The molecule has 15 heavy (non-hydrogen) atoms. The Bertz CT molecular complexity index is 231. The molecule has 4 heteroatoms. The van der Waals surface area contributed by atoms with Crippen molar-refractivity contribution in [3.8, 4) is 0 Å². The van der Waals surface area contributed by atoms with E-state index < -0.39 is 10.8 Å². The van der Waals surface area contributed by atoms with Crippen molar-refractivity contribution in [1.29, 1.82) is 0 Å². The molecule has 2 atom stereocenters. The Kier molecular flexibility index (Phi) is 4.17. The molecular weight excluding hydrogens is 208 g/mol. The van der Waals surface area contributed by atoms with Gasteiger partial charge in [-0.3, -0.25) is 9.11 Å². The van der Waals surface area contributed by atoms with E-state index in [0.29, 0.717) is 6.04 Å². The van der Waals surface area contributed by atoms with E-state index in [1.54, 1.807) is 0 Å². The summed E-state index contributed by atoms with van der Waals surface area (Å²) in [6, 6.07) is 0.716. The van der Waals surface area contributed by atoms with Crippen molar-refractivity contribution < 1.29 is 4.21 Å². The summed E-state index contributed by atoms with van der Waals surface area (Å²) in [6.45, 7) is 6.43. The van der Waals surface area contributed by atoms with Gasteiger partial charge in [0.25, 0.3) is 0 Å². The van der Waals surface area contributed by atoms with Gasteiger partial charge in [-0.1, -0.05) is 6.92 Å². The predicted octanol–water partition coefficient (Wildman–Crippen LogP) is 0.439. The van der Waals surface area contributed by atoms with Gasteiger partial charge in [-0.2, -0.15) is 0 Å². The molecule has 1 heterocycles. The second-order valence-electron chi connectivity index (χ2n) is 4.63. The zero-order valence-corrected chi connectivity index (χ0v) is 10.4. The molecule has 0 radical (unpaired) electrons. The van der Waals surface area contributed by atoms with Crippen molar-refractivity contribution in [2.24, 2.45) is 5.92 Å². The van der Waals surface area contributed by atoms with Crippen LogP contribution in [0.1, 0.15) is 19.8 Å². The lowest BCUT2D eigenvalue weighted by molar-refractivity contribution is 0.198. The van der Waals surface area contributed by atoms with Gasteiger partial charge < -0.3 is 5.32 Å². The van der Waals surface area contributed by atoms with Crippen molar-refractivity contribution in [2.45, 2.75) is 25.8 Å². The van der Waals surface area contributed by atoms with Crippen LogP contribution in [0.5, 0.6) is 0 Å². The van der Waals surface area contributed by atoms with Crippen LogP contribution in [0.4, 0.5) is 0 Å². The highest BCUT2D eigenvalue weighted by molar-refractivity contribution is 7.84. The summed E-state index contributed by atoms with van der Waals surface area (Å²) in [6.07, 6.45) is 2.82. The molecule has 2 fully saturated rings. The Morgan fingerprint density at radius 1 is 1.47 bits per heavy atom. The smallest absolute Gasteiger partial charge is 0.0362 e. The normalized spacial score (nSPS) is 30.3. The van der Waals surface area contributed by atoms with E-state index in [2.05, 4.69) is 10.2 Å². The van der Waals surface area contributed by atoms with Crippen LogP contribution < -0.4 is 5.32 Å². The number of hydrogen-bond donors (Lipinski definition) is 1. The molecule has 1 saturated carbocycles. The minimum absolute atomic E-state index is 0.597. The van der Waals surface area contributed by atoms with Gasteiger partial charge in [0.2, 0.25) is 0 Å². The molecule has 2 aliphatic rings. The largest absolute Gasteiger partial charge is 0.311 e. The van der Waals surface area contributed by atoms with Crippen LogP contribution in [0, 0.1) is 5.92 Å². The predicted molar refractivity (Wildman–Crippen MR) is 64.5 cm³/mol. The third-order valence-electron chi connectivity index (χ3n) is 3.44. The number of piperazine rings is 1. The Labute approximate surface area is 95.1 Å². The average molecular weight is 230 g/mol. The van der Waals surface area contributed by atoms with E-state index in [1.165, 1.54) is 19.4 Å². The highest BCUT2D eigenvalue weighted by Gasteiger charge is 2.33. The van der Waals surface area contributed by atoms with Crippen molar-refractivity contribution in [3.05, 3.63) is 0 Å². The van der Waals surface area contributed by atoms with Gasteiger partial charge in [0.15, 0.2) is 0 Å². The second-order valence-corrected chi connectivity index (χ2v) is 6.50. The zero-order valence-electron chi connectivity index (χ0n) is 9.58. The first kappa shape index (κ1) is 11.6. The fourth-order valence-corrected chi connectivity index (χ4v) is 2.99. The maximum absolute atomic E-state index is 11.4. The zero-order chi connectivity index (χ0) is 10.7. The Hall–Kier alpha value is 0.0700. The Morgan fingerprint density at radius 3 is 2.93 bits per heavy atom. The van der Waals surface area contributed by atoms with Crippen molar-refractivity contribution in [3.63, 3.8) is 0 Å². The van der Waals surface area contributed by atoms with E-state index in [0.717, 1.165) is 37.1 Å². The third-order valence-corrected chi connectivity index (χ3v) is 4.72. The molecule has 1 saturated heterocycles. The van der Waals surface area contributed by atoms with Crippen LogP contribution >= 0.6 is 0 Å². The van der Waals surface area contributed by atoms with Gasteiger partial charge in [-0.25, -0.2) is 0 Å². The van der Waals surface area contributed by atoms with E-state index in [1.807, 2.05) is 6.92 Å². The van der Waals surface area contributed by atoms with Gasteiger partial charge in [0.05, 0.1) is 0 Å². The summed E-state index contributed by atoms with van der Waals surface area (Å²) < 4.78 is 11.4. The van der Waals surface area contributed by atoms with Crippen molar-refractivity contribution >= 4 is 10.8 Å². The van der Waals surface area contributed by atoms with Crippen molar-refractivity contribution in [1.82, 2.24) is 10.2 Å². The van der Waals surface area contributed by atoms with E-state index >= 15 is 0 Å². The van der Waals surface area contributed by atoms with E-state index in [9.17, 15) is 4.21 Å². The van der Waals surface area contributed by atoms with Crippen LogP contribution in [-0.2, 0) is 10.8 Å². The summed E-state index contributed by atoms with van der Waals surface area (Å²) in [5, 5.41) is 3.60. The molecule has 2 rings (SSSR count). The molecule has 0 aromatic rings. The Balaban J connectivity index is 1.70. The number of nitrogens with zero attached hydrogens (tertiary/aromatic N) is 1. The first-order valence-corrected chi connectivity index (χ1v) is 7.59. The average Bonchev–Trinajstić information content (AvgIpc) is 3.10. The fourth-order valence-electron chi connectivity index (χ4n) is 2.23. The first-order valence-electron chi connectivity index (χ1n) is 6.10. The lowest BCUT2D eigenvalue weighted by Gasteiger charge is -2.33. The molecule has 1 aliphatic heterocycles. The number of nitrogens with one attached hydrogen (secondary N) is 1. The van der Waals surface area contributed by atoms with E-state index in [4.69, 9.17) is 0 Å². The fraction of sp³-hybridized carbons (Fsp3) is 1.00. The minimum Gasteiger partial charge on any atom is -0.311 e. The molecule has 0 aromatic heterocycles. The summed E-state index contributed by atoms with van der Waals surface area (Å²) >= 11 is 0. The number of rotatable bonds is 5.